The van der Waals surface area contributed by atoms with E-state index in [2.05, 4.69) is 19.8 Å². The number of thiazole rings is 1. The number of hydrogen-bond donors (Lipinski definition) is 2. The van der Waals surface area contributed by atoms with Crippen LogP contribution in [0.25, 0.3) is 10.2 Å². The summed E-state index contributed by atoms with van der Waals surface area (Å²) in [7, 11) is -0.626. The van der Waals surface area contributed by atoms with Gasteiger partial charge in [-0.05, 0) is 60.7 Å². The zero-order valence-corrected chi connectivity index (χ0v) is 25.2. The molecule has 0 spiro atoms. The number of carbonyl (C=O) groups is 1. The van der Waals surface area contributed by atoms with Gasteiger partial charge >= 0.3 is 0 Å². The Labute approximate surface area is 249 Å². The zero-order chi connectivity index (χ0) is 28.1. The second-order valence-corrected chi connectivity index (χ2v) is 12.0. The van der Waals surface area contributed by atoms with Gasteiger partial charge in [-0.3, -0.25) is 14.4 Å². The Morgan fingerprint density at radius 2 is 1.66 bits per heavy atom. The Balaban J connectivity index is 0.00000387. The van der Waals surface area contributed by atoms with Crippen molar-refractivity contribution in [1.82, 2.24) is 15.2 Å². The number of halogens is 1. The highest BCUT2D eigenvalue weighted by molar-refractivity contribution is 7.92. The molecule has 1 saturated heterocycles. The fraction of sp³-hybridized carbons (Fsp3) is 0.286. The van der Waals surface area contributed by atoms with E-state index in [0.717, 1.165) is 53.8 Å². The molecular weight excluding hydrogens is 586 g/mol. The predicted octanol–water partition coefficient (Wildman–Crippen LogP) is 4.09. The first kappa shape index (κ1) is 30.4. The molecule has 0 bridgehead atoms. The maximum atomic E-state index is 12.8. The van der Waals surface area contributed by atoms with Crippen molar-refractivity contribution in [3.63, 3.8) is 0 Å². The number of benzene rings is 3. The fourth-order valence-electron chi connectivity index (χ4n) is 4.44. The number of piperazine rings is 1. The third-order valence-corrected chi connectivity index (χ3v) is 9.16. The van der Waals surface area contributed by atoms with Crippen molar-refractivity contribution >= 4 is 60.7 Å². The van der Waals surface area contributed by atoms with E-state index >= 15 is 0 Å². The first-order valence-electron chi connectivity index (χ1n) is 12.8. The summed E-state index contributed by atoms with van der Waals surface area (Å²) in [5, 5.41) is 3.96. The molecule has 2 N–H and O–H groups in total. The van der Waals surface area contributed by atoms with Gasteiger partial charge in [0.05, 0.1) is 29.3 Å². The summed E-state index contributed by atoms with van der Waals surface area (Å²) in [6.45, 7) is 4.68. The van der Waals surface area contributed by atoms with Gasteiger partial charge in [0.1, 0.15) is 11.5 Å². The van der Waals surface area contributed by atoms with E-state index in [1.54, 1.807) is 48.8 Å². The highest BCUT2D eigenvalue weighted by Crippen LogP contribution is 2.31. The number of methoxy groups -OCH3 is 2. The molecule has 0 atom stereocenters. The van der Waals surface area contributed by atoms with Crippen molar-refractivity contribution in [2.24, 2.45) is 0 Å². The normalized spacial score (nSPS) is 13.9. The molecular formula is C28H32ClN5O5S2. The number of carbonyl (C=O) groups excluding carboxylic acids is 1. The Morgan fingerprint density at radius 3 is 2.37 bits per heavy atom. The molecule has 0 saturated carbocycles. The van der Waals surface area contributed by atoms with Gasteiger partial charge in [0, 0.05) is 50.5 Å². The van der Waals surface area contributed by atoms with Gasteiger partial charge in [-0.25, -0.2) is 13.4 Å². The van der Waals surface area contributed by atoms with Crippen molar-refractivity contribution in [2.75, 3.05) is 63.1 Å². The monoisotopic (exact) mass is 617 g/mol. The Morgan fingerprint density at radius 1 is 0.951 bits per heavy atom. The number of aromatic nitrogens is 1. The van der Waals surface area contributed by atoms with E-state index in [1.165, 1.54) is 25.3 Å². The standard InChI is InChI=1S/C28H31N5O5S2.ClH/c1-37-22-6-9-24(10-7-22)40(35,36)31-21-5-3-4-20(18-21)27(34)29-12-13-32-14-16-33(17-15-32)28-30-25-11-8-23(38-2)19-26(25)39-28;/h3-11,18-19,31H,12-17H2,1-2H3,(H,29,34);1H. The third kappa shape index (κ3) is 7.39. The van der Waals surface area contributed by atoms with Gasteiger partial charge in [0.25, 0.3) is 15.9 Å². The topological polar surface area (TPSA) is 113 Å². The summed E-state index contributed by atoms with van der Waals surface area (Å²) < 4.78 is 39.5. The minimum absolute atomic E-state index is 0. The highest BCUT2D eigenvalue weighted by Gasteiger charge is 2.20. The number of fused-ring (bicyclic) bond motifs is 1. The van der Waals surface area contributed by atoms with E-state index in [0.29, 0.717) is 23.5 Å². The number of nitrogens with one attached hydrogen (secondary N) is 2. The first-order valence-corrected chi connectivity index (χ1v) is 15.1. The Hall–Kier alpha value is -3.58. The van der Waals surface area contributed by atoms with Crippen LogP contribution in [0.15, 0.2) is 71.6 Å². The molecule has 4 aromatic rings. The summed E-state index contributed by atoms with van der Waals surface area (Å²) in [5.74, 6) is 1.14. The second-order valence-electron chi connectivity index (χ2n) is 9.28. The molecule has 0 radical (unpaired) electrons. The number of amides is 1. The van der Waals surface area contributed by atoms with Crippen LogP contribution in [0.1, 0.15) is 10.4 Å². The first-order chi connectivity index (χ1) is 19.3. The quantitative estimate of drug-likeness (QED) is 0.274. The number of nitrogens with zero attached hydrogens (tertiary/aromatic N) is 3. The molecule has 1 aliphatic heterocycles. The van der Waals surface area contributed by atoms with E-state index in [-0.39, 0.29) is 23.2 Å². The van der Waals surface area contributed by atoms with Crippen LogP contribution in [-0.4, -0.2) is 77.7 Å². The highest BCUT2D eigenvalue weighted by atomic mass is 35.5. The Kier molecular flexibility index (Phi) is 9.92. The Bertz CT molecular complexity index is 1590. The average Bonchev–Trinajstić information content (AvgIpc) is 3.41. The molecule has 10 nitrogen and oxygen atoms in total. The number of hydrogen-bond acceptors (Lipinski definition) is 9. The van der Waals surface area contributed by atoms with E-state index < -0.39 is 10.0 Å². The largest absolute Gasteiger partial charge is 0.497 e. The smallest absolute Gasteiger partial charge is 0.261 e. The van der Waals surface area contributed by atoms with Gasteiger partial charge in [-0.2, -0.15) is 0 Å². The number of rotatable bonds is 10. The van der Waals surface area contributed by atoms with Crippen molar-refractivity contribution in [3.05, 3.63) is 72.3 Å². The van der Waals surface area contributed by atoms with Crippen LogP contribution in [0, 0.1) is 0 Å². The fourth-order valence-corrected chi connectivity index (χ4v) is 6.54. The molecule has 1 amide bonds. The maximum absolute atomic E-state index is 12.8. The average molecular weight is 618 g/mol. The lowest BCUT2D eigenvalue weighted by Crippen LogP contribution is -2.48. The summed E-state index contributed by atoms with van der Waals surface area (Å²) >= 11 is 1.67. The minimum Gasteiger partial charge on any atom is -0.497 e. The molecule has 41 heavy (non-hydrogen) atoms. The molecule has 218 valence electrons. The third-order valence-electron chi connectivity index (χ3n) is 6.69. The van der Waals surface area contributed by atoms with Crippen molar-refractivity contribution in [3.8, 4) is 11.5 Å². The molecule has 0 unspecified atom stereocenters. The van der Waals surface area contributed by atoms with E-state index in [4.69, 9.17) is 14.5 Å². The van der Waals surface area contributed by atoms with E-state index in [1.807, 2.05) is 18.2 Å². The maximum Gasteiger partial charge on any atom is 0.261 e. The molecule has 0 aliphatic carbocycles. The van der Waals surface area contributed by atoms with Crippen LogP contribution < -0.4 is 24.4 Å². The number of anilines is 2. The van der Waals surface area contributed by atoms with E-state index in [9.17, 15) is 13.2 Å². The lowest BCUT2D eigenvalue weighted by Gasteiger charge is -2.34. The summed E-state index contributed by atoms with van der Waals surface area (Å²) in [6.07, 6.45) is 0. The van der Waals surface area contributed by atoms with Gasteiger partial charge in [0.15, 0.2) is 5.13 Å². The van der Waals surface area contributed by atoms with Crippen LogP contribution in [0.2, 0.25) is 0 Å². The summed E-state index contributed by atoms with van der Waals surface area (Å²) in [4.78, 5) is 22.3. The molecule has 3 aromatic carbocycles. The zero-order valence-electron chi connectivity index (χ0n) is 22.7. The van der Waals surface area contributed by atoms with Crippen LogP contribution in [0.4, 0.5) is 10.8 Å². The van der Waals surface area contributed by atoms with Gasteiger partial charge in [0.2, 0.25) is 0 Å². The molecule has 13 heteroatoms. The minimum atomic E-state index is -3.81. The molecule has 1 fully saturated rings. The van der Waals surface area contributed by atoms with Gasteiger partial charge < -0.3 is 19.7 Å². The molecule has 1 aromatic heterocycles. The number of ether oxygens (including phenoxy) is 2. The van der Waals surface area contributed by atoms with Gasteiger partial charge in [-0.15, -0.1) is 12.4 Å². The molecule has 1 aliphatic rings. The summed E-state index contributed by atoms with van der Waals surface area (Å²) in [5.41, 5.74) is 1.67. The molecule has 2 heterocycles. The van der Waals surface area contributed by atoms with Crippen LogP contribution in [0.5, 0.6) is 11.5 Å². The summed E-state index contributed by atoms with van der Waals surface area (Å²) in [6, 6.07) is 18.5. The van der Waals surface area contributed by atoms with Crippen LogP contribution in [-0.2, 0) is 10.0 Å². The van der Waals surface area contributed by atoms with Crippen molar-refractivity contribution in [2.45, 2.75) is 4.90 Å². The molecule has 5 rings (SSSR count). The second kappa shape index (κ2) is 13.4. The SMILES string of the molecule is COc1ccc(S(=O)(=O)Nc2cccc(C(=O)NCCN3CCN(c4nc5ccc(OC)cc5s4)CC3)c2)cc1.Cl. The number of sulfonamides is 1. The van der Waals surface area contributed by atoms with Crippen molar-refractivity contribution in [1.29, 1.82) is 0 Å². The van der Waals surface area contributed by atoms with Crippen LogP contribution in [0.3, 0.4) is 0 Å². The predicted molar refractivity (Wildman–Crippen MR) is 165 cm³/mol. The van der Waals surface area contributed by atoms with Crippen molar-refractivity contribution < 1.29 is 22.7 Å². The lowest BCUT2D eigenvalue weighted by atomic mass is 10.2. The van der Waals surface area contributed by atoms with Gasteiger partial charge in [-0.1, -0.05) is 17.4 Å². The lowest BCUT2D eigenvalue weighted by molar-refractivity contribution is 0.0948. The van der Waals surface area contributed by atoms with Crippen LogP contribution >= 0.6 is 23.7 Å².